The van der Waals surface area contributed by atoms with E-state index in [-0.39, 0.29) is 62.7 Å². The predicted octanol–water partition coefficient (Wildman–Crippen LogP) is 4.21. The summed E-state index contributed by atoms with van der Waals surface area (Å²) < 4.78 is 32.8. The Hall–Kier alpha value is -4.54. The second-order valence-electron chi connectivity index (χ2n) is 9.09. The van der Waals surface area contributed by atoms with Crippen LogP contribution in [0.1, 0.15) is 25.8 Å². The Morgan fingerprint density at radius 1 is 1.23 bits per heavy atom. The molecular formula is C29H34ClF2N7O4. The molecule has 0 fully saturated rings. The molecule has 0 unspecified atom stereocenters. The molecule has 0 aliphatic rings. The van der Waals surface area contributed by atoms with Gasteiger partial charge in [0.05, 0.1) is 17.6 Å². The van der Waals surface area contributed by atoms with Crippen LogP contribution in [0.3, 0.4) is 0 Å². The number of aliphatic hydroxyl groups excluding tert-OH is 1. The molecule has 2 amide bonds. The second kappa shape index (κ2) is 17.4. The molecular weight excluding hydrogens is 584 g/mol. The van der Waals surface area contributed by atoms with Gasteiger partial charge < -0.3 is 20.1 Å². The third kappa shape index (κ3) is 10.7. The molecule has 3 rings (SSSR count). The van der Waals surface area contributed by atoms with Crippen LogP contribution in [-0.2, 0) is 16.0 Å². The highest BCUT2D eigenvalue weighted by molar-refractivity contribution is 6.31. The fraction of sp³-hybridized carbons (Fsp3) is 0.345. The number of guanidine groups is 1. The van der Waals surface area contributed by atoms with Crippen LogP contribution in [-0.4, -0.2) is 72.3 Å². The maximum atomic E-state index is 13.8. The predicted molar refractivity (Wildman–Crippen MR) is 160 cm³/mol. The van der Waals surface area contributed by atoms with Crippen LogP contribution in [0.25, 0.3) is 10.8 Å². The number of ether oxygens (including phenoxy) is 1. The van der Waals surface area contributed by atoms with E-state index in [0.717, 1.165) is 0 Å². The van der Waals surface area contributed by atoms with Gasteiger partial charge in [0.1, 0.15) is 24.1 Å². The van der Waals surface area contributed by atoms with E-state index in [1.165, 1.54) is 48.5 Å². The number of anilines is 1. The fourth-order valence-electron chi connectivity index (χ4n) is 3.82. The number of halogens is 3. The van der Waals surface area contributed by atoms with Crippen molar-refractivity contribution in [1.82, 2.24) is 20.5 Å². The number of carbonyl (C=O) groups excluding carboxylic acids is 2. The van der Waals surface area contributed by atoms with Crippen molar-refractivity contribution in [2.45, 2.75) is 32.7 Å². The van der Waals surface area contributed by atoms with Crippen LogP contribution in [0.4, 0.5) is 19.4 Å². The summed E-state index contributed by atoms with van der Waals surface area (Å²) in [6.07, 6.45) is 2.95. The number of nitriles is 1. The number of hydrogen-bond acceptors (Lipinski definition) is 7. The van der Waals surface area contributed by atoms with Crippen LogP contribution in [0, 0.1) is 23.1 Å². The molecule has 0 spiro atoms. The van der Waals surface area contributed by atoms with E-state index >= 15 is 0 Å². The van der Waals surface area contributed by atoms with E-state index in [1.54, 1.807) is 18.3 Å². The molecule has 0 radical (unpaired) electrons. The highest BCUT2D eigenvalue weighted by Crippen LogP contribution is 2.21. The topological polar surface area (TPSA) is 152 Å². The minimum absolute atomic E-state index is 0. The monoisotopic (exact) mass is 617 g/mol. The summed E-state index contributed by atoms with van der Waals surface area (Å²) in [6, 6.07) is 9.26. The molecule has 0 saturated heterocycles. The summed E-state index contributed by atoms with van der Waals surface area (Å²) in [5, 5.41) is 26.9. The number of nitrogens with one attached hydrogen (secondary N) is 3. The summed E-state index contributed by atoms with van der Waals surface area (Å²) in [4.78, 5) is 35.4. The molecule has 0 aliphatic carbocycles. The molecule has 4 N–H and O–H groups in total. The second-order valence-corrected chi connectivity index (χ2v) is 9.46. The van der Waals surface area contributed by atoms with E-state index in [1.807, 2.05) is 0 Å². The fourth-order valence-corrected chi connectivity index (χ4v) is 4.04. The van der Waals surface area contributed by atoms with Crippen LogP contribution < -0.4 is 16.0 Å². The standard InChI is InChI=1S/C28H30ClF2N7O4.CH4/c1-38(25(40)9-7-18-4-2-5-23(31)26(18)29)22(15-35-27(36-17-32)33-10-3-11-39)16-42-28(41)37-24-13-20-12-21(30)8-6-19(20)14-34-24;/h2,4-6,8,12-14,22,39H,3,7,9-11,15-16H2,1H3,(H2,33,35,36)(H,34,37,41);1H4/t22-;/m0./s1. The lowest BCUT2D eigenvalue weighted by molar-refractivity contribution is -0.132. The van der Waals surface area contributed by atoms with Gasteiger partial charge in [-0.3, -0.25) is 20.4 Å². The number of aryl methyl sites for hydroxylation is 1. The number of hydrogen-bond donors (Lipinski definition) is 4. The smallest absolute Gasteiger partial charge is 0.412 e. The number of carbonyl (C=O) groups is 2. The summed E-state index contributed by atoms with van der Waals surface area (Å²) in [6.45, 7) is -0.0811. The summed E-state index contributed by atoms with van der Waals surface area (Å²) in [7, 11) is 1.51. The van der Waals surface area contributed by atoms with Gasteiger partial charge in [0, 0.05) is 38.2 Å². The molecule has 0 bridgehead atoms. The van der Waals surface area contributed by atoms with E-state index in [0.29, 0.717) is 29.3 Å². The van der Waals surface area contributed by atoms with Gasteiger partial charge in [-0.05, 0) is 54.1 Å². The van der Waals surface area contributed by atoms with Crippen molar-refractivity contribution in [3.8, 4) is 6.19 Å². The Morgan fingerprint density at radius 3 is 2.77 bits per heavy atom. The highest BCUT2D eigenvalue weighted by atomic mass is 35.5. The van der Waals surface area contributed by atoms with Crippen molar-refractivity contribution in [3.05, 3.63) is 70.9 Å². The Balaban J connectivity index is 0.00000645. The zero-order valence-corrected chi connectivity index (χ0v) is 23.5. The number of aliphatic hydroxyl groups is 1. The quantitative estimate of drug-likeness (QED) is 0.0775. The van der Waals surface area contributed by atoms with Gasteiger partial charge >= 0.3 is 6.09 Å². The first-order valence-corrected chi connectivity index (χ1v) is 13.3. The average Bonchev–Trinajstić information content (AvgIpc) is 2.97. The van der Waals surface area contributed by atoms with Crippen molar-refractivity contribution < 1.29 is 28.2 Å². The Morgan fingerprint density at radius 2 is 2.02 bits per heavy atom. The largest absolute Gasteiger partial charge is 0.447 e. The molecule has 0 saturated carbocycles. The van der Waals surface area contributed by atoms with Gasteiger partial charge in [-0.1, -0.05) is 31.2 Å². The molecule has 1 heterocycles. The average molecular weight is 618 g/mol. The Bertz CT molecular complexity index is 1470. The van der Waals surface area contributed by atoms with E-state index in [2.05, 4.69) is 25.9 Å². The van der Waals surface area contributed by atoms with Crippen LogP contribution in [0.5, 0.6) is 0 Å². The first-order chi connectivity index (χ1) is 20.2. The van der Waals surface area contributed by atoms with Crippen LogP contribution in [0.2, 0.25) is 5.02 Å². The number of benzene rings is 2. The van der Waals surface area contributed by atoms with E-state index in [9.17, 15) is 18.4 Å². The number of rotatable bonds is 12. The van der Waals surface area contributed by atoms with Crippen molar-refractivity contribution in [1.29, 1.82) is 5.26 Å². The zero-order chi connectivity index (χ0) is 30.5. The first-order valence-electron chi connectivity index (χ1n) is 12.9. The van der Waals surface area contributed by atoms with Gasteiger partial charge in [0.2, 0.25) is 11.9 Å². The number of nitrogens with zero attached hydrogens (tertiary/aromatic N) is 4. The number of fused-ring (bicyclic) bond motifs is 1. The first kappa shape index (κ1) is 34.7. The molecule has 11 nitrogen and oxygen atoms in total. The van der Waals surface area contributed by atoms with Crippen LogP contribution >= 0.6 is 11.6 Å². The Labute approximate surface area is 253 Å². The minimum atomic E-state index is -0.865. The molecule has 0 aliphatic heterocycles. The number of pyridine rings is 1. The summed E-state index contributed by atoms with van der Waals surface area (Å²) >= 11 is 6.01. The maximum absolute atomic E-state index is 13.8. The number of aromatic nitrogens is 1. The van der Waals surface area contributed by atoms with Crippen molar-refractivity contribution in [2.24, 2.45) is 4.99 Å². The number of amides is 2. The van der Waals surface area contributed by atoms with Crippen molar-refractivity contribution in [3.63, 3.8) is 0 Å². The van der Waals surface area contributed by atoms with Gasteiger partial charge in [-0.2, -0.15) is 5.26 Å². The SMILES string of the molecule is C.CN(C(=O)CCc1cccc(F)c1Cl)[C@@H](CN=C(NC#N)NCCCO)COC(=O)Nc1cc2cc(F)ccc2cn1. The van der Waals surface area contributed by atoms with E-state index < -0.39 is 23.8 Å². The molecule has 14 heteroatoms. The highest BCUT2D eigenvalue weighted by Gasteiger charge is 2.23. The van der Waals surface area contributed by atoms with Gasteiger partial charge in [-0.25, -0.2) is 18.6 Å². The summed E-state index contributed by atoms with van der Waals surface area (Å²) in [5.74, 6) is -1.12. The number of aliphatic imine (C=N–C) groups is 1. The lowest BCUT2D eigenvalue weighted by Gasteiger charge is -2.27. The molecule has 1 aromatic heterocycles. The maximum Gasteiger partial charge on any atom is 0.412 e. The molecule has 230 valence electrons. The normalized spacial score (nSPS) is 11.6. The summed E-state index contributed by atoms with van der Waals surface area (Å²) in [5.41, 5.74) is 0.472. The lowest BCUT2D eigenvalue weighted by Crippen LogP contribution is -2.44. The van der Waals surface area contributed by atoms with Gasteiger partial charge in [0.15, 0.2) is 6.19 Å². The third-order valence-electron chi connectivity index (χ3n) is 6.16. The Kier molecular flexibility index (Phi) is 14.0. The lowest BCUT2D eigenvalue weighted by atomic mass is 10.1. The zero-order valence-electron chi connectivity index (χ0n) is 22.7. The molecule has 3 aromatic rings. The van der Waals surface area contributed by atoms with Gasteiger partial charge in [-0.15, -0.1) is 0 Å². The molecule has 2 aromatic carbocycles. The third-order valence-corrected chi connectivity index (χ3v) is 6.59. The van der Waals surface area contributed by atoms with Crippen molar-refractivity contribution >= 4 is 46.2 Å². The molecule has 43 heavy (non-hydrogen) atoms. The van der Waals surface area contributed by atoms with Gasteiger partial charge in [0.25, 0.3) is 0 Å². The minimum Gasteiger partial charge on any atom is -0.447 e. The van der Waals surface area contributed by atoms with Crippen LogP contribution in [0.15, 0.2) is 53.7 Å². The van der Waals surface area contributed by atoms with Crippen molar-refractivity contribution in [2.75, 3.05) is 38.7 Å². The molecule has 1 atom stereocenters. The number of likely N-dealkylation sites (N-methyl/N-ethyl adjacent to an activating group) is 1. The van der Waals surface area contributed by atoms with E-state index in [4.69, 9.17) is 26.7 Å².